The van der Waals surface area contributed by atoms with Crippen molar-refractivity contribution in [2.45, 2.75) is 31.8 Å². The van der Waals surface area contributed by atoms with Crippen molar-refractivity contribution in [2.24, 2.45) is 7.05 Å². The number of pyridine rings is 1. The van der Waals surface area contributed by atoms with Crippen LogP contribution in [-0.2, 0) is 26.4 Å². The Morgan fingerprint density at radius 1 is 1.22 bits per heavy atom. The summed E-state index contributed by atoms with van der Waals surface area (Å²) >= 11 is 0. The number of hydrogen-bond acceptors (Lipinski definition) is 2. The van der Waals surface area contributed by atoms with Gasteiger partial charge in [-0.2, -0.15) is 0 Å². The minimum Gasteiger partial charge on any atom is -0.335 e. The normalized spacial score (nSPS) is 16.5. The van der Waals surface area contributed by atoms with Crippen molar-refractivity contribution < 1.29 is 4.79 Å². The predicted molar refractivity (Wildman–Crippen MR) is 89.3 cm³/mol. The van der Waals surface area contributed by atoms with Crippen LogP contribution in [0.25, 0.3) is 0 Å². The van der Waals surface area contributed by atoms with Crippen LogP contribution in [-0.4, -0.2) is 16.6 Å². The maximum atomic E-state index is 12.0. The fourth-order valence-electron chi connectivity index (χ4n) is 3.06. The van der Waals surface area contributed by atoms with Gasteiger partial charge in [-0.3, -0.25) is 4.79 Å². The molecule has 0 aliphatic heterocycles. The van der Waals surface area contributed by atoms with Crippen molar-refractivity contribution in [3.63, 3.8) is 0 Å². The number of nitrogens with zero attached hydrogens (tertiary/aromatic N) is 1. The van der Waals surface area contributed by atoms with E-state index in [1.165, 1.54) is 0 Å². The fourth-order valence-corrected chi connectivity index (χ4v) is 3.06. The molecule has 2 aromatic rings. The Bertz CT molecular complexity index is 753. The zero-order valence-electron chi connectivity index (χ0n) is 13.2. The lowest BCUT2D eigenvalue weighted by Gasteiger charge is -2.26. The molecule has 1 aliphatic carbocycles. The molecule has 2 N–H and O–H groups in total. The summed E-state index contributed by atoms with van der Waals surface area (Å²) in [5.41, 5.74) is 3.33. The first-order valence-electron chi connectivity index (χ1n) is 7.89. The van der Waals surface area contributed by atoms with Crippen LogP contribution in [0.5, 0.6) is 0 Å². The molecule has 23 heavy (non-hydrogen) atoms. The molecule has 0 saturated heterocycles. The van der Waals surface area contributed by atoms with Gasteiger partial charge in [0, 0.05) is 31.4 Å². The molecule has 0 fully saturated rings. The zero-order valence-corrected chi connectivity index (χ0v) is 13.2. The first-order valence-corrected chi connectivity index (χ1v) is 7.89. The van der Waals surface area contributed by atoms with E-state index in [1.807, 2.05) is 43.4 Å². The predicted octanol–water partition coefficient (Wildman–Crippen LogP) is 1.74. The van der Waals surface area contributed by atoms with E-state index in [-0.39, 0.29) is 17.6 Å². The number of hydrogen-bond donors (Lipinski definition) is 2. The zero-order chi connectivity index (χ0) is 16.2. The van der Waals surface area contributed by atoms with E-state index in [0.717, 1.165) is 36.1 Å². The Morgan fingerprint density at radius 2 is 2.00 bits per heavy atom. The summed E-state index contributed by atoms with van der Waals surface area (Å²) in [7, 11) is 1.81. The molecular formula is C18H21N3O2. The molecule has 3 rings (SSSR count). The molecule has 1 heterocycles. The number of fused-ring (bicyclic) bond motifs is 1. The number of nitrogens with one attached hydrogen (secondary N) is 2. The van der Waals surface area contributed by atoms with Crippen LogP contribution >= 0.6 is 0 Å². The SMILES string of the molecule is Cn1c2c(ccc1=O)CC(NC(=O)NCc1ccccc1)CC2. The lowest BCUT2D eigenvalue weighted by molar-refractivity contribution is 0.235. The van der Waals surface area contributed by atoms with Crippen LogP contribution in [0.15, 0.2) is 47.3 Å². The topological polar surface area (TPSA) is 63.1 Å². The van der Waals surface area contributed by atoms with Crippen molar-refractivity contribution in [3.8, 4) is 0 Å². The molecule has 0 bridgehead atoms. The van der Waals surface area contributed by atoms with Gasteiger partial charge in [0.15, 0.2) is 0 Å². The highest BCUT2D eigenvalue weighted by Crippen LogP contribution is 2.19. The average molecular weight is 311 g/mol. The molecule has 1 atom stereocenters. The van der Waals surface area contributed by atoms with Crippen LogP contribution in [0.1, 0.15) is 23.2 Å². The molecule has 0 spiro atoms. The van der Waals surface area contributed by atoms with Gasteiger partial charge in [-0.1, -0.05) is 36.4 Å². The molecule has 5 nitrogen and oxygen atoms in total. The number of rotatable bonds is 3. The molecule has 1 aromatic heterocycles. The van der Waals surface area contributed by atoms with E-state index >= 15 is 0 Å². The van der Waals surface area contributed by atoms with Crippen molar-refractivity contribution in [3.05, 3.63) is 69.6 Å². The smallest absolute Gasteiger partial charge is 0.315 e. The van der Waals surface area contributed by atoms with Crippen molar-refractivity contribution in [1.29, 1.82) is 0 Å². The van der Waals surface area contributed by atoms with Crippen molar-refractivity contribution >= 4 is 6.03 Å². The van der Waals surface area contributed by atoms with Gasteiger partial charge in [-0.05, 0) is 30.4 Å². The van der Waals surface area contributed by atoms with Gasteiger partial charge in [0.1, 0.15) is 0 Å². The second-order valence-electron chi connectivity index (χ2n) is 5.95. The molecule has 1 unspecified atom stereocenters. The molecule has 2 amide bonds. The monoisotopic (exact) mass is 311 g/mol. The number of urea groups is 1. The van der Waals surface area contributed by atoms with E-state index in [2.05, 4.69) is 10.6 Å². The Kier molecular flexibility index (Phi) is 4.46. The van der Waals surface area contributed by atoms with Crippen LogP contribution in [0.3, 0.4) is 0 Å². The summed E-state index contributed by atoms with van der Waals surface area (Å²) in [6.45, 7) is 0.518. The quantitative estimate of drug-likeness (QED) is 0.907. The van der Waals surface area contributed by atoms with Crippen molar-refractivity contribution in [2.75, 3.05) is 0 Å². The maximum absolute atomic E-state index is 12.0. The number of amides is 2. The van der Waals surface area contributed by atoms with E-state index in [1.54, 1.807) is 10.6 Å². The third-order valence-corrected chi connectivity index (χ3v) is 4.36. The average Bonchev–Trinajstić information content (AvgIpc) is 2.57. The van der Waals surface area contributed by atoms with Gasteiger partial charge in [0.05, 0.1) is 0 Å². The minimum absolute atomic E-state index is 0.0239. The first-order chi connectivity index (χ1) is 11.1. The second-order valence-corrected chi connectivity index (χ2v) is 5.95. The first kappa shape index (κ1) is 15.3. The minimum atomic E-state index is -0.146. The molecule has 0 radical (unpaired) electrons. The molecule has 1 aliphatic rings. The summed E-state index contributed by atoms with van der Waals surface area (Å²) in [5.74, 6) is 0. The third kappa shape index (κ3) is 3.62. The van der Waals surface area contributed by atoms with Crippen LogP contribution in [0.2, 0.25) is 0 Å². The largest absolute Gasteiger partial charge is 0.335 e. The summed E-state index contributed by atoms with van der Waals surface area (Å²) in [6, 6.07) is 13.3. The highest BCUT2D eigenvalue weighted by molar-refractivity contribution is 5.74. The highest BCUT2D eigenvalue weighted by atomic mass is 16.2. The van der Waals surface area contributed by atoms with E-state index < -0.39 is 0 Å². The van der Waals surface area contributed by atoms with Gasteiger partial charge >= 0.3 is 6.03 Å². The molecule has 5 heteroatoms. The number of benzene rings is 1. The maximum Gasteiger partial charge on any atom is 0.315 e. The van der Waals surface area contributed by atoms with E-state index in [4.69, 9.17) is 0 Å². The Balaban J connectivity index is 1.56. The second kappa shape index (κ2) is 6.69. The fraction of sp³-hybridized carbons (Fsp3) is 0.333. The Hall–Kier alpha value is -2.56. The van der Waals surface area contributed by atoms with Crippen LogP contribution in [0, 0.1) is 0 Å². The molecule has 0 saturated carbocycles. The van der Waals surface area contributed by atoms with E-state index in [9.17, 15) is 9.59 Å². The summed E-state index contributed by atoms with van der Waals surface area (Å²) in [5, 5.41) is 5.91. The lowest BCUT2D eigenvalue weighted by atomic mass is 9.91. The Labute approximate surface area is 135 Å². The summed E-state index contributed by atoms with van der Waals surface area (Å²) in [4.78, 5) is 23.7. The lowest BCUT2D eigenvalue weighted by Crippen LogP contribution is -2.45. The molecule has 120 valence electrons. The Morgan fingerprint density at radius 3 is 2.78 bits per heavy atom. The van der Waals surface area contributed by atoms with Gasteiger partial charge in [-0.15, -0.1) is 0 Å². The molecular weight excluding hydrogens is 290 g/mol. The van der Waals surface area contributed by atoms with E-state index in [0.29, 0.717) is 6.54 Å². The number of carbonyl (C=O) groups excluding carboxylic acids is 1. The number of carbonyl (C=O) groups is 1. The van der Waals surface area contributed by atoms with Gasteiger partial charge < -0.3 is 15.2 Å². The highest BCUT2D eigenvalue weighted by Gasteiger charge is 2.21. The van der Waals surface area contributed by atoms with Crippen LogP contribution in [0.4, 0.5) is 4.79 Å². The van der Waals surface area contributed by atoms with Crippen molar-refractivity contribution in [1.82, 2.24) is 15.2 Å². The number of aromatic nitrogens is 1. The van der Waals surface area contributed by atoms with Gasteiger partial charge in [-0.25, -0.2) is 4.79 Å². The third-order valence-electron chi connectivity index (χ3n) is 4.36. The van der Waals surface area contributed by atoms with Gasteiger partial charge in [0.2, 0.25) is 5.56 Å². The van der Waals surface area contributed by atoms with Crippen LogP contribution < -0.4 is 16.2 Å². The molecule has 1 aromatic carbocycles. The summed E-state index contributed by atoms with van der Waals surface area (Å²) in [6.07, 6.45) is 2.43. The standard InChI is InChI=1S/C18H21N3O2/c1-21-16-9-8-15(11-14(16)7-10-17(21)22)20-18(23)19-12-13-5-3-2-4-6-13/h2-7,10,15H,8-9,11-12H2,1H3,(H2,19,20,23). The van der Waals surface area contributed by atoms with Gasteiger partial charge in [0.25, 0.3) is 0 Å². The summed E-state index contributed by atoms with van der Waals surface area (Å²) < 4.78 is 1.71.